The molecule has 0 spiro atoms. The van der Waals surface area contributed by atoms with E-state index in [9.17, 15) is 14.9 Å². The minimum atomic E-state index is -0.466. The maximum absolute atomic E-state index is 13.4. The molecule has 4 aromatic rings. The van der Waals surface area contributed by atoms with E-state index in [1.807, 2.05) is 32.0 Å². The summed E-state index contributed by atoms with van der Waals surface area (Å²) in [6.07, 6.45) is 1.48. The molecule has 0 aliphatic rings. The molecule has 4 rings (SSSR count). The first-order valence-electron chi connectivity index (χ1n) is 10.2. The smallest absolute Gasteiger partial charge is 0.280 e. The molecule has 0 saturated heterocycles. The fourth-order valence-electron chi connectivity index (χ4n) is 3.09. The lowest BCUT2D eigenvalue weighted by molar-refractivity contribution is -0.384. The number of aryl methyl sites for hydroxylation is 1. The van der Waals surface area contributed by atoms with E-state index < -0.39 is 4.92 Å². The number of rotatable bonds is 7. The number of nitro benzene ring substituents is 1. The third-order valence-electron chi connectivity index (χ3n) is 4.74. The van der Waals surface area contributed by atoms with Crippen molar-refractivity contribution in [2.45, 2.75) is 13.8 Å². The van der Waals surface area contributed by atoms with Gasteiger partial charge in [0.15, 0.2) is 0 Å². The van der Waals surface area contributed by atoms with Gasteiger partial charge >= 0.3 is 0 Å². The largest absolute Gasteiger partial charge is 0.494 e. The van der Waals surface area contributed by atoms with E-state index in [1.165, 1.54) is 34.7 Å². The molecule has 0 aliphatic carbocycles. The summed E-state index contributed by atoms with van der Waals surface area (Å²) in [5.74, 6) is 0.317. The topological polar surface area (TPSA) is 97.9 Å². The Bertz CT molecular complexity index is 1330. The fraction of sp³-hybridized carbons (Fsp3) is 0.125. The van der Waals surface area contributed by atoms with Crippen LogP contribution >= 0.6 is 11.3 Å². The molecule has 0 saturated carbocycles. The molecule has 0 unspecified atom stereocenters. The van der Waals surface area contributed by atoms with Crippen molar-refractivity contribution >= 4 is 44.5 Å². The summed E-state index contributed by atoms with van der Waals surface area (Å²) < 4.78 is 6.40. The first-order valence-corrected chi connectivity index (χ1v) is 11.0. The molecule has 0 bridgehead atoms. The van der Waals surface area contributed by atoms with Gasteiger partial charge in [0, 0.05) is 17.7 Å². The van der Waals surface area contributed by atoms with Gasteiger partial charge in [0.05, 0.1) is 28.0 Å². The number of nitrogens with zero attached hydrogens (tertiary/aromatic N) is 4. The zero-order valence-electron chi connectivity index (χ0n) is 18.0. The normalized spacial score (nSPS) is 11.1. The first-order chi connectivity index (χ1) is 15.9. The predicted molar refractivity (Wildman–Crippen MR) is 129 cm³/mol. The van der Waals surface area contributed by atoms with Gasteiger partial charge in [0.1, 0.15) is 5.75 Å². The number of hydrogen-bond acceptors (Lipinski definition) is 7. The van der Waals surface area contributed by atoms with Crippen LogP contribution in [0.4, 0.5) is 10.8 Å². The average Bonchev–Trinajstić information content (AvgIpc) is 3.23. The van der Waals surface area contributed by atoms with Crippen molar-refractivity contribution < 1.29 is 14.5 Å². The van der Waals surface area contributed by atoms with Gasteiger partial charge in [0.25, 0.3) is 11.6 Å². The van der Waals surface area contributed by atoms with Crippen molar-refractivity contribution in [3.05, 3.63) is 93.5 Å². The maximum Gasteiger partial charge on any atom is 0.280 e. The van der Waals surface area contributed by atoms with E-state index in [2.05, 4.69) is 10.1 Å². The van der Waals surface area contributed by atoms with Crippen LogP contribution in [0.25, 0.3) is 10.2 Å². The molecule has 166 valence electrons. The molecule has 8 nitrogen and oxygen atoms in total. The Kier molecular flexibility index (Phi) is 6.41. The molecule has 3 aromatic carbocycles. The molecule has 0 fully saturated rings. The lowest BCUT2D eigenvalue weighted by Gasteiger charge is -2.14. The van der Waals surface area contributed by atoms with Crippen molar-refractivity contribution in [2.24, 2.45) is 5.10 Å². The summed E-state index contributed by atoms with van der Waals surface area (Å²) in [5.41, 5.74) is 2.89. The number of aromatic nitrogens is 1. The van der Waals surface area contributed by atoms with Gasteiger partial charge < -0.3 is 4.74 Å². The van der Waals surface area contributed by atoms with Crippen LogP contribution in [-0.2, 0) is 0 Å². The zero-order valence-corrected chi connectivity index (χ0v) is 18.8. The highest BCUT2D eigenvalue weighted by molar-refractivity contribution is 7.22. The quantitative estimate of drug-likeness (QED) is 0.203. The number of anilines is 1. The van der Waals surface area contributed by atoms with Crippen LogP contribution in [0.15, 0.2) is 71.8 Å². The minimum absolute atomic E-state index is 0.0176. The fourth-order valence-corrected chi connectivity index (χ4v) is 4.11. The van der Waals surface area contributed by atoms with Crippen molar-refractivity contribution in [2.75, 3.05) is 11.6 Å². The Hall–Kier alpha value is -4.11. The van der Waals surface area contributed by atoms with E-state index in [4.69, 9.17) is 4.74 Å². The Morgan fingerprint density at radius 3 is 2.55 bits per heavy atom. The van der Waals surface area contributed by atoms with Gasteiger partial charge in [-0.1, -0.05) is 17.4 Å². The van der Waals surface area contributed by atoms with Gasteiger partial charge in [-0.05, 0) is 73.5 Å². The Balaban J connectivity index is 1.70. The molecule has 0 radical (unpaired) electrons. The van der Waals surface area contributed by atoms with Crippen LogP contribution in [0.3, 0.4) is 0 Å². The number of nitro groups is 1. The van der Waals surface area contributed by atoms with Gasteiger partial charge in [0.2, 0.25) is 5.13 Å². The zero-order chi connectivity index (χ0) is 23.4. The molecular formula is C24H20N4O4S. The third-order valence-corrected chi connectivity index (χ3v) is 5.74. The number of thiazole rings is 1. The van der Waals surface area contributed by atoms with Gasteiger partial charge in [-0.15, -0.1) is 0 Å². The van der Waals surface area contributed by atoms with Crippen molar-refractivity contribution in [3.8, 4) is 5.75 Å². The Morgan fingerprint density at radius 1 is 1.15 bits per heavy atom. The summed E-state index contributed by atoms with van der Waals surface area (Å²) in [4.78, 5) is 28.4. The Morgan fingerprint density at radius 2 is 1.88 bits per heavy atom. The number of fused-ring (bicyclic) bond motifs is 1. The van der Waals surface area contributed by atoms with Gasteiger partial charge in [-0.25, -0.2) is 4.98 Å². The van der Waals surface area contributed by atoms with E-state index in [1.54, 1.807) is 36.4 Å². The van der Waals surface area contributed by atoms with Gasteiger partial charge in [-0.2, -0.15) is 10.1 Å². The van der Waals surface area contributed by atoms with Gasteiger partial charge in [-0.3, -0.25) is 14.9 Å². The number of carbonyl (C=O) groups excluding carboxylic acids is 1. The van der Waals surface area contributed by atoms with E-state index in [0.29, 0.717) is 28.6 Å². The monoisotopic (exact) mass is 460 g/mol. The van der Waals surface area contributed by atoms with Crippen molar-refractivity contribution in [1.82, 2.24) is 4.98 Å². The van der Waals surface area contributed by atoms with E-state index >= 15 is 0 Å². The SMILES string of the molecule is CCOc1ccc(C(=O)N(/N=C/c2ccc([N+](=O)[O-])cc2)c2nc3ccc(C)cc3s2)cc1. The molecule has 33 heavy (non-hydrogen) atoms. The summed E-state index contributed by atoms with van der Waals surface area (Å²) >= 11 is 1.36. The third kappa shape index (κ3) is 5.04. The standard InChI is InChI=1S/C24H20N4O4S/c1-3-32-20-11-7-18(8-12-20)23(29)27(24-26-21-13-4-16(2)14-22(21)33-24)25-15-17-5-9-19(10-6-17)28(30)31/h4-15H,3H2,1-2H3/b25-15+. The molecule has 9 heteroatoms. The summed E-state index contributed by atoms with van der Waals surface area (Å²) in [6.45, 7) is 4.42. The molecule has 0 aliphatic heterocycles. The van der Waals surface area contributed by atoms with Crippen LogP contribution in [0.5, 0.6) is 5.75 Å². The van der Waals surface area contributed by atoms with Crippen LogP contribution in [0, 0.1) is 17.0 Å². The first kappa shape index (κ1) is 22.1. The number of ether oxygens (including phenoxy) is 1. The van der Waals surface area contributed by atoms with Crippen LogP contribution in [0.2, 0.25) is 0 Å². The lowest BCUT2D eigenvalue weighted by Crippen LogP contribution is -2.25. The maximum atomic E-state index is 13.4. The number of benzene rings is 3. The average molecular weight is 461 g/mol. The minimum Gasteiger partial charge on any atom is -0.494 e. The van der Waals surface area contributed by atoms with Crippen LogP contribution in [0.1, 0.15) is 28.4 Å². The Labute approximate surface area is 193 Å². The van der Waals surface area contributed by atoms with Crippen LogP contribution in [-0.4, -0.2) is 28.6 Å². The number of carbonyl (C=O) groups is 1. The highest BCUT2D eigenvalue weighted by Crippen LogP contribution is 2.31. The summed E-state index contributed by atoms with van der Waals surface area (Å²) in [5, 5.41) is 17.0. The lowest BCUT2D eigenvalue weighted by atomic mass is 10.2. The van der Waals surface area contributed by atoms with Crippen molar-refractivity contribution in [3.63, 3.8) is 0 Å². The number of non-ortho nitro benzene ring substituents is 1. The molecule has 0 atom stereocenters. The number of hydrazone groups is 1. The summed E-state index contributed by atoms with van der Waals surface area (Å²) in [7, 11) is 0. The second-order valence-corrected chi connectivity index (χ2v) is 8.14. The molecule has 0 N–H and O–H groups in total. The highest BCUT2D eigenvalue weighted by atomic mass is 32.1. The number of hydrogen-bond donors (Lipinski definition) is 0. The predicted octanol–water partition coefficient (Wildman–Crippen LogP) is 5.59. The van der Waals surface area contributed by atoms with E-state index in [0.717, 1.165) is 15.8 Å². The van der Waals surface area contributed by atoms with Crippen LogP contribution < -0.4 is 9.75 Å². The van der Waals surface area contributed by atoms with E-state index in [-0.39, 0.29) is 11.6 Å². The molecular weight excluding hydrogens is 440 g/mol. The second kappa shape index (κ2) is 9.58. The summed E-state index contributed by atoms with van der Waals surface area (Å²) in [6, 6.07) is 18.6. The molecule has 1 amide bonds. The highest BCUT2D eigenvalue weighted by Gasteiger charge is 2.21. The molecule has 1 aromatic heterocycles. The second-order valence-electron chi connectivity index (χ2n) is 7.14. The number of amides is 1. The molecule has 1 heterocycles. The van der Waals surface area contributed by atoms with Crippen molar-refractivity contribution in [1.29, 1.82) is 0 Å².